The Hall–Kier alpha value is -0.180. The summed E-state index contributed by atoms with van der Waals surface area (Å²) in [6.45, 7) is 4.37. The molecule has 1 aromatic carbocycles. The molecule has 15 heavy (non-hydrogen) atoms. The number of rotatable bonds is 2. The second-order valence-electron chi connectivity index (χ2n) is 4.17. The van der Waals surface area contributed by atoms with Crippen LogP contribution in [0.5, 0.6) is 0 Å². The second-order valence-corrected chi connectivity index (χ2v) is 5.68. The van der Waals surface area contributed by atoms with Crippen LogP contribution in [-0.2, 0) is 0 Å². The molecule has 1 heterocycles. The maximum Gasteiger partial charge on any atom is 0.0545 e. The molecule has 0 fully saturated rings. The molecule has 82 valence electrons. The van der Waals surface area contributed by atoms with Crippen LogP contribution in [-0.4, -0.2) is 11.8 Å². The fraction of sp³-hybridized carbons (Fsp3) is 0.500. The van der Waals surface area contributed by atoms with E-state index in [1.165, 1.54) is 16.9 Å². The molecule has 1 nitrogen and oxygen atoms in total. The van der Waals surface area contributed by atoms with Crippen molar-refractivity contribution in [2.24, 2.45) is 0 Å². The lowest BCUT2D eigenvalue weighted by Crippen LogP contribution is -2.30. The molecule has 1 atom stereocenters. The van der Waals surface area contributed by atoms with Gasteiger partial charge in [-0.05, 0) is 23.8 Å². The van der Waals surface area contributed by atoms with Gasteiger partial charge in [0.05, 0.1) is 5.02 Å². The van der Waals surface area contributed by atoms with E-state index in [1.807, 2.05) is 23.9 Å². The second kappa shape index (κ2) is 4.77. The fourth-order valence-corrected chi connectivity index (χ4v) is 3.45. The van der Waals surface area contributed by atoms with Crippen LogP contribution in [0.4, 0.5) is 0 Å². The Kier molecular flexibility index (Phi) is 3.60. The molecule has 0 radical (unpaired) electrons. The van der Waals surface area contributed by atoms with Crippen molar-refractivity contribution in [3.63, 3.8) is 0 Å². The molecule has 1 aliphatic rings. The molecule has 0 aliphatic carbocycles. The molecule has 3 heteroatoms. The third-order valence-electron chi connectivity index (χ3n) is 2.56. The van der Waals surface area contributed by atoms with Gasteiger partial charge in [0, 0.05) is 17.0 Å². The largest absolute Gasteiger partial charge is 0.308 e. The quantitative estimate of drug-likeness (QED) is 0.844. The van der Waals surface area contributed by atoms with Crippen molar-refractivity contribution in [2.45, 2.75) is 37.2 Å². The summed E-state index contributed by atoms with van der Waals surface area (Å²) >= 11 is 8.07. The van der Waals surface area contributed by atoms with Gasteiger partial charge < -0.3 is 5.32 Å². The van der Waals surface area contributed by atoms with Crippen molar-refractivity contribution in [2.75, 3.05) is 5.75 Å². The van der Waals surface area contributed by atoms with E-state index >= 15 is 0 Å². The normalized spacial score (nSPS) is 20.4. The van der Waals surface area contributed by atoms with E-state index in [1.54, 1.807) is 0 Å². The molecule has 0 spiro atoms. The fourth-order valence-electron chi connectivity index (χ4n) is 1.96. The molecule has 0 bridgehead atoms. The molecular formula is C12H16ClNS. The molecule has 0 aromatic heterocycles. The van der Waals surface area contributed by atoms with E-state index in [0.717, 1.165) is 10.8 Å². The number of halogens is 1. The van der Waals surface area contributed by atoms with Gasteiger partial charge >= 0.3 is 0 Å². The minimum atomic E-state index is 0.472. The van der Waals surface area contributed by atoms with Crippen molar-refractivity contribution < 1.29 is 0 Å². The van der Waals surface area contributed by atoms with E-state index < -0.39 is 0 Å². The van der Waals surface area contributed by atoms with Gasteiger partial charge in [0.25, 0.3) is 0 Å². The number of fused-ring (bicyclic) bond motifs is 1. The number of benzene rings is 1. The summed E-state index contributed by atoms with van der Waals surface area (Å²) in [7, 11) is 0. The highest BCUT2D eigenvalue weighted by Crippen LogP contribution is 2.40. The number of thioether (sulfide) groups is 1. The number of hydrogen-bond donors (Lipinski definition) is 1. The zero-order valence-electron chi connectivity index (χ0n) is 9.09. The number of hydrogen-bond acceptors (Lipinski definition) is 2. The van der Waals surface area contributed by atoms with Crippen LogP contribution in [0.2, 0.25) is 5.02 Å². The van der Waals surface area contributed by atoms with E-state index in [9.17, 15) is 0 Å². The minimum absolute atomic E-state index is 0.472. The highest BCUT2D eigenvalue weighted by atomic mass is 35.5. The van der Waals surface area contributed by atoms with Crippen LogP contribution in [0.15, 0.2) is 23.1 Å². The Balaban J connectivity index is 2.30. The highest BCUT2D eigenvalue weighted by molar-refractivity contribution is 7.99. The van der Waals surface area contributed by atoms with Crippen LogP contribution in [0, 0.1) is 0 Å². The van der Waals surface area contributed by atoms with Crippen LogP contribution >= 0.6 is 23.4 Å². The summed E-state index contributed by atoms with van der Waals surface area (Å²) < 4.78 is 0. The Bertz CT molecular complexity index is 351. The van der Waals surface area contributed by atoms with Crippen LogP contribution < -0.4 is 5.32 Å². The smallest absolute Gasteiger partial charge is 0.0545 e. The average Bonchev–Trinajstić information content (AvgIpc) is 2.19. The minimum Gasteiger partial charge on any atom is -0.308 e. The Morgan fingerprint density at radius 3 is 3.00 bits per heavy atom. The van der Waals surface area contributed by atoms with Crippen molar-refractivity contribution in [1.82, 2.24) is 5.32 Å². The SMILES string of the molecule is CC(C)NC1CCSc2c(Cl)cccc21. The van der Waals surface area contributed by atoms with Gasteiger partial charge in [-0.15, -0.1) is 11.8 Å². The molecule has 0 saturated heterocycles. The van der Waals surface area contributed by atoms with Gasteiger partial charge in [-0.2, -0.15) is 0 Å². The third kappa shape index (κ3) is 2.49. The van der Waals surface area contributed by atoms with Crippen molar-refractivity contribution in [3.8, 4) is 0 Å². The molecule has 1 N–H and O–H groups in total. The van der Waals surface area contributed by atoms with Gasteiger partial charge in [0.2, 0.25) is 0 Å². The highest BCUT2D eigenvalue weighted by Gasteiger charge is 2.22. The average molecular weight is 242 g/mol. The summed E-state index contributed by atoms with van der Waals surface area (Å²) in [5.74, 6) is 1.15. The first kappa shape index (κ1) is 11.3. The summed E-state index contributed by atoms with van der Waals surface area (Å²) in [5, 5.41) is 4.49. The third-order valence-corrected chi connectivity index (χ3v) is 4.17. The Labute approximate surface area is 101 Å². The van der Waals surface area contributed by atoms with Gasteiger partial charge in [0.15, 0.2) is 0 Å². The van der Waals surface area contributed by atoms with Gasteiger partial charge in [0.1, 0.15) is 0 Å². The standard InChI is InChI=1S/C12H16ClNS/c1-8(2)14-11-6-7-15-12-9(11)4-3-5-10(12)13/h3-5,8,11,14H,6-7H2,1-2H3. The molecular weight excluding hydrogens is 226 g/mol. The van der Waals surface area contributed by atoms with Crippen LogP contribution in [0.3, 0.4) is 0 Å². The van der Waals surface area contributed by atoms with E-state index in [0.29, 0.717) is 12.1 Å². The van der Waals surface area contributed by atoms with E-state index in [-0.39, 0.29) is 0 Å². The molecule has 2 rings (SSSR count). The first-order chi connectivity index (χ1) is 7.18. The molecule has 1 unspecified atom stereocenters. The van der Waals surface area contributed by atoms with Crippen molar-refractivity contribution in [1.29, 1.82) is 0 Å². The monoisotopic (exact) mass is 241 g/mol. The topological polar surface area (TPSA) is 12.0 Å². The first-order valence-corrected chi connectivity index (χ1v) is 6.72. The van der Waals surface area contributed by atoms with Gasteiger partial charge in [-0.3, -0.25) is 0 Å². The molecule has 1 aliphatic heterocycles. The molecule has 0 amide bonds. The molecule has 0 saturated carbocycles. The van der Waals surface area contributed by atoms with Crippen molar-refractivity contribution >= 4 is 23.4 Å². The van der Waals surface area contributed by atoms with Gasteiger partial charge in [-0.1, -0.05) is 37.6 Å². The summed E-state index contributed by atoms with van der Waals surface area (Å²) in [6, 6.07) is 7.20. The zero-order valence-corrected chi connectivity index (χ0v) is 10.7. The van der Waals surface area contributed by atoms with E-state index in [4.69, 9.17) is 11.6 Å². The van der Waals surface area contributed by atoms with E-state index in [2.05, 4.69) is 25.2 Å². The van der Waals surface area contributed by atoms with Gasteiger partial charge in [-0.25, -0.2) is 0 Å². The first-order valence-electron chi connectivity index (χ1n) is 5.35. The van der Waals surface area contributed by atoms with Crippen LogP contribution in [0.1, 0.15) is 31.9 Å². The summed E-state index contributed by atoms with van der Waals surface area (Å²) in [6.07, 6.45) is 1.19. The Morgan fingerprint density at radius 2 is 2.27 bits per heavy atom. The van der Waals surface area contributed by atoms with Crippen molar-refractivity contribution in [3.05, 3.63) is 28.8 Å². The lowest BCUT2D eigenvalue weighted by molar-refractivity contribution is 0.460. The maximum atomic E-state index is 6.20. The summed E-state index contributed by atoms with van der Waals surface area (Å²) in [5.41, 5.74) is 1.37. The lowest BCUT2D eigenvalue weighted by Gasteiger charge is -2.28. The maximum absolute atomic E-state index is 6.20. The lowest BCUT2D eigenvalue weighted by atomic mass is 10.0. The zero-order chi connectivity index (χ0) is 10.8. The Morgan fingerprint density at radius 1 is 1.47 bits per heavy atom. The predicted molar refractivity (Wildman–Crippen MR) is 67.8 cm³/mol. The number of nitrogens with one attached hydrogen (secondary N) is 1. The molecule has 1 aromatic rings. The van der Waals surface area contributed by atoms with Crippen LogP contribution in [0.25, 0.3) is 0 Å². The predicted octanol–water partition coefficient (Wildman–Crippen LogP) is 3.87. The summed E-state index contributed by atoms with van der Waals surface area (Å²) in [4.78, 5) is 1.27.